The van der Waals surface area contributed by atoms with E-state index in [1.54, 1.807) is 0 Å². The van der Waals surface area contributed by atoms with Crippen molar-refractivity contribution in [1.82, 2.24) is 0 Å². The molecule has 0 fully saturated rings. The summed E-state index contributed by atoms with van der Waals surface area (Å²) in [6, 6.07) is 0. The molecule has 0 rings (SSSR count). The van der Waals surface area contributed by atoms with Gasteiger partial charge in [0.25, 0.3) is 0 Å². The van der Waals surface area contributed by atoms with E-state index in [2.05, 4.69) is 47.6 Å². The summed E-state index contributed by atoms with van der Waals surface area (Å²) >= 11 is 0. The minimum Gasteiger partial charge on any atom is -0.461 e. The molecular formula is C19H36O2. The Hall–Kier alpha value is -0.790. The minimum atomic E-state index is -0.392. The van der Waals surface area contributed by atoms with Crippen molar-refractivity contribution in [3.63, 3.8) is 0 Å². The van der Waals surface area contributed by atoms with Crippen LogP contribution in [0.2, 0.25) is 0 Å². The molecule has 0 saturated heterocycles. The maximum Gasteiger partial charge on any atom is 0.311 e. The molecule has 1 unspecified atom stereocenters. The highest BCUT2D eigenvalue weighted by Crippen LogP contribution is 2.29. The summed E-state index contributed by atoms with van der Waals surface area (Å²) in [6.07, 6.45) is 7.27. The van der Waals surface area contributed by atoms with E-state index in [1.807, 2.05) is 19.9 Å². The second kappa shape index (κ2) is 8.60. The van der Waals surface area contributed by atoms with E-state index < -0.39 is 5.41 Å². The number of esters is 1. The molecule has 124 valence electrons. The van der Waals surface area contributed by atoms with Crippen molar-refractivity contribution in [3.05, 3.63) is 12.2 Å². The molecule has 0 aromatic carbocycles. The van der Waals surface area contributed by atoms with E-state index >= 15 is 0 Å². The van der Waals surface area contributed by atoms with Crippen molar-refractivity contribution in [3.8, 4) is 0 Å². The van der Waals surface area contributed by atoms with Crippen LogP contribution in [0.3, 0.4) is 0 Å². The van der Waals surface area contributed by atoms with Gasteiger partial charge in [-0.05, 0) is 43.9 Å². The molecule has 0 aliphatic rings. The van der Waals surface area contributed by atoms with Gasteiger partial charge < -0.3 is 4.74 Å². The van der Waals surface area contributed by atoms with Gasteiger partial charge in [0.05, 0.1) is 5.41 Å². The topological polar surface area (TPSA) is 26.3 Å². The van der Waals surface area contributed by atoms with Gasteiger partial charge in [-0.1, -0.05) is 60.1 Å². The van der Waals surface area contributed by atoms with Gasteiger partial charge in [-0.15, -0.1) is 0 Å². The molecule has 0 amide bonds. The third-order valence-electron chi connectivity index (χ3n) is 3.92. The summed E-state index contributed by atoms with van der Waals surface area (Å²) in [5.41, 5.74) is -0.233. The number of carbonyl (C=O) groups is 1. The van der Waals surface area contributed by atoms with E-state index in [9.17, 15) is 4.79 Å². The van der Waals surface area contributed by atoms with Gasteiger partial charge >= 0.3 is 5.97 Å². The van der Waals surface area contributed by atoms with Crippen LogP contribution in [0.25, 0.3) is 0 Å². The van der Waals surface area contributed by atoms with Crippen LogP contribution in [-0.2, 0) is 9.53 Å². The maximum absolute atomic E-state index is 12.2. The van der Waals surface area contributed by atoms with E-state index in [0.29, 0.717) is 18.4 Å². The second-order valence-electron chi connectivity index (χ2n) is 8.19. The van der Waals surface area contributed by atoms with Crippen LogP contribution in [-0.4, -0.2) is 12.6 Å². The van der Waals surface area contributed by atoms with Crippen molar-refractivity contribution >= 4 is 5.97 Å². The maximum atomic E-state index is 12.2. The van der Waals surface area contributed by atoms with Gasteiger partial charge in [0, 0.05) is 0 Å². The van der Waals surface area contributed by atoms with E-state index in [4.69, 9.17) is 4.74 Å². The molecule has 0 radical (unpaired) electrons. The van der Waals surface area contributed by atoms with E-state index in [-0.39, 0.29) is 11.4 Å². The first kappa shape index (κ1) is 20.2. The molecule has 2 nitrogen and oxygen atoms in total. The molecule has 0 saturated carbocycles. The number of allylic oxidation sites excluding steroid dienone is 1. The Balaban J connectivity index is 4.31. The molecule has 0 aromatic heterocycles. The lowest BCUT2D eigenvalue weighted by atomic mass is 9.82. The summed E-state index contributed by atoms with van der Waals surface area (Å²) in [4.78, 5) is 12.2. The molecular weight excluding hydrogens is 260 g/mol. The highest BCUT2D eigenvalue weighted by Gasteiger charge is 2.30. The van der Waals surface area contributed by atoms with Crippen molar-refractivity contribution in [2.45, 2.75) is 74.7 Å². The fourth-order valence-electron chi connectivity index (χ4n) is 2.91. The van der Waals surface area contributed by atoms with Gasteiger partial charge in [-0.3, -0.25) is 4.79 Å². The van der Waals surface area contributed by atoms with Crippen molar-refractivity contribution in [2.24, 2.45) is 22.7 Å². The highest BCUT2D eigenvalue weighted by molar-refractivity contribution is 5.75. The Morgan fingerprint density at radius 2 is 1.67 bits per heavy atom. The molecule has 2 heteroatoms. The molecule has 0 heterocycles. The molecule has 0 aliphatic carbocycles. The quantitative estimate of drug-likeness (QED) is 0.407. The smallest absolute Gasteiger partial charge is 0.311 e. The first-order chi connectivity index (χ1) is 9.50. The normalized spacial score (nSPS) is 14.7. The third kappa shape index (κ3) is 8.95. The Kier molecular flexibility index (Phi) is 8.28. The summed E-state index contributed by atoms with van der Waals surface area (Å²) in [7, 11) is 0. The standard InChI is InChI=1S/C19H36O2/c1-9-16(4)14-19(7,8)17(20)21-12-10-11-18(5,6)13-15(2)3/h10-11,15-16H,9,12-14H2,1-8H3. The lowest BCUT2D eigenvalue weighted by Gasteiger charge is -2.25. The second-order valence-corrected chi connectivity index (χ2v) is 8.19. The summed E-state index contributed by atoms with van der Waals surface area (Å²) in [5, 5.41) is 0. The zero-order chi connectivity index (χ0) is 16.7. The molecule has 0 aromatic rings. The summed E-state index contributed by atoms with van der Waals surface area (Å²) in [6.45, 7) is 17.6. The third-order valence-corrected chi connectivity index (χ3v) is 3.92. The predicted octanol–water partition coefficient (Wildman–Crippen LogP) is 5.62. The molecule has 0 bridgehead atoms. The fraction of sp³-hybridized carbons (Fsp3) is 0.842. The summed E-state index contributed by atoms with van der Waals surface area (Å²) in [5.74, 6) is 1.13. The van der Waals surface area contributed by atoms with Crippen LogP contribution in [0, 0.1) is 22.7 Å². The van der Waals surface area contributed by atoms with Gasteiger partial charge in [0.1, 0.15) is 6.61 Å². The zero-order valence-electron chi connectivity index (χ0n) is 15.5. The highest BCUT2D eigenvalue weighted by atomic mass is 16.5. The van der Waals surface area contributed by atoms with E-state index in [1.165, 1.54) is 0 Å². The van der Waals surface area contributed by atoms with Crippen LogP contribution in [0.1, 0.15) is 74.7 Å². The molecule has 0 spiro atoms. The van der Waals surface area contributed by atoms with Crippen LogP contribution in [0.15, 0.2) is 12.2 Å². The van der Waals surface area contributed by atoms with Crippen molar-refractivity contribution < 1.29 is 9.53 Å². The molecule has 21 heavy (non-hydrogen) atoms. The van der Waals surface area contributed by atoms with Gasteiger partial charge in [-0.25, -0.2) is 0 Å². The Labute approximate surface area is 132 Å². The predicted molar refractivity (Wildman–Crippen MR) is 91.2 cm³/mol. The largest absolute Gasteiger partial charge is 0.461 e. The van der Waals surface area contributed by atoms with Crippen molar-refractivity contribution in [1.29, 1.82) is 0 Å². The molecule has 0 aliphatic heterocycles. The Morgan fingerprint density at radius 3 is 2.14 bits per heavy atom. The van der Waals surface area contributed by atoms with Gasteiger partial charge in [-0.2, -0.15) is 0 Å². The van der Waals surface area contributed by atoms with Crippen LogP contribution in [0.5, 0.6) is 0 Å². The number of hydrogen-bond donors (Lipinski definition) is 0. The SMILES string of the molecule is CCC(C)CC(C)(C)C(=O)OCC=CC(C)(C)CC(C)C. The fourth-order valence-corrected chi connectivity index (χ4v) is 2.91. The average molecular weight is 296 g/mol. The molecule has 0 N–H and O–H groups in total. The first-order valence-corrected chi connectivity index (χ1v) is 8.35. The first-order valence-electron chi connectivity index (χ1n) is 8.35. The Bertz CT molecular complexity index is 337. The minimum absolute atomic E-state index is 0.0888. The monoisotopic (exact) mass is 296 g/mol. The van der Waals surface area contributed by atoms with Crippen LogP contribution < -0.4 is 0 Å². The van der Waals surface area contributed by atoms with Gasteiger partial charge in [0.2, 0.25) is 0 Å². The number of hydrogen-bond acceptors (Lipinski definition) is 2. The van der Waals surface area contributed by atoms with Crippen LogP contribution >= 0.6 is 0 Å². The number of rotatable bonds is 9. The number of carbonyl (C=O) groups excluding carboxylic acids is 1. The Morgan fingerprint density at radius 1 is 1.10 bits per heavy atom. The zero-order valence-corrected chi connectivity index (χ0v) is 15.5. The average Bonchev–Trinajstić information content (AvgIpc) is 2.31. The molecule has 1 atom stereocenters. The van der Waals surface area contributed by atoms with E-state index in [0.717, 1.165) is 19.3 Å². The lowest BCUT2D eigenvalue weighted by molar-refractivity contribution is -0.153. The van der Waals surface area contributed by atoms with Gasteiger partial charge in [0.15, 0.2) is 0 Å². The summed E-state index contributed by atoms with van der Waals surface area (Å²) < 4.78 is 5.43. The number of ether oxygens (including phenoxy) is 1. The lowest BCUT2D eigenvalue weighted by Crippen LogP contribution is -2.28. The van der Waals surface area contributed by atoms with Crippen LogP contribution in [0.4, 0.5) is 0 Å². The van der Waals surface area contributed by atoms with Crippen molar-refractivity contribution in [2.75, 3.05) is 6.61 Å².